The Morgan fingerprint density at radius 3 is 2.33 bits per heavy atom. The van der Waals surface area contributed by atoms with Gasteiger partial charge in [-0.1, -0.05) is 0 Å². The maximum Gasteiger partial charge on any atom is 0.440 e. The summed E-state index contributed by atoms with van der Waals surface area (Å²) in [7, 11) is -2.72. The predicted molar refractivity (Wildman–Crippen MR) is 16.8 cm³/mol. The van der Waals surface area contributed by atoms with Crippen LogP contribution >= 0.6 is 8.18 Å². The van der Waals surface area contributed by atoms with Crippen molar-refractivity contribution in [3.63, 3.8) is 0 Å². The summed E-state index contributed by atoms with van der Waals surface area (Å²) in [6.45, 7) is 0. The molecule has 6 heavy (non-hydrogen) atoms. The molecular weight excluding hydrogens is 105 g/mol. The summed E-state index contributed by atoms with van der Waals surface area (Å²) >= 11 is 0. The molecular formula is CH2NO3P. The van der Waals surface area contributed by atoms with E-state index in [1.165, 1.54) is 5.09 Å². The first kappa shape index (κ1) is 5.53. The lowest BCUT2D eigenvalue weighted by atomic mass is 11.5. The summed E-state index contributed by atoms with van der Waals surface area (Å²) in [5.74, 6) is 0. The van der Waals surface area contributed by atoms with Crippen molar-refractivity contribution in [1.29, 1.82) is 0 Å². The van der Waals surface area contributed by atoms with Gasteiger partial charge in [-0.3, -0.25) is 4.79 Å². The van der Waals surface area contributed by atoms with Crippen molar-refractivity contribution in [3.05, 3.63) is 0 Å². The smallest absolute Gasteiger partial charge is 0.440 e. The summed E-state index contributed by atoms with van der Waals surface area (Å²) in [4.78, 5) is 18.4. The van der Waals surface area contributed by atoms with E-state index in [-0.39, 0.29) is 6.41 Å². The summed E-state index contributed by atoms with van der Waals surface area (Å²) in [5.41, 5.74) is 0. The van der Waals surface area contributed by atoms with Gasteiger partial charge in [0, 0.05) is 0 Å². The molecule has 0 fully saturated rings. The molecule has 0 aliphatic rings. The van der Waals surface area contributed by atoms with Crippen molar-refractivity contribution < 1.29 is 14.3 Å². The Morgan fingerprint density at radius 1 is 1.83 bits per heavy atom. The fraction of sp³-hybridized carbons (Fsp3) is 0. The molecule has 1 atom stereocenters. The number of hydrogen-bond acceptors (Lipinski definition) is 3. The summed E-state index contributed by atoms with van der Waals surface area (Å²) < 4.78 is 9.29. The van der Waals surface area contributed by atoms with Gasteiger partial charge in [0.05, 0.1) is 0 Å². The zero-order chi connectivity index (χ0) is 4.99. The second-order valence-corrected chi connectivity index (χ2v) is 1.28. The molecule has 0 radical (unpaired) electrons. The van der Waals surface area contributed by atoms with Crippen molar-refractivity contribution in [3.8, 4) is 0 Å². The van der Waals surface area contributed by atoms with Gasteiger partial charge in [-0.05, 0) is 4.57 Å². The second-order valence-electron chi connectivity index (χ2n) is 0.504. The Bertz CT molecular complexity index is 71.2. The molecule has 0 rings (SSSR count). The van der Waals surface area contributed by atoms with Crippen molar-refractivity contribution in [2.75, 3.05) is 0 Å². The van der Waals surface area contributed by atoms with Gasteiger partial charge in [-0.2, -0.15) is 0 Å². The molecule has 0 aromatic heterocycles. The fourth-order valence-corrected chi connectivity index (χ4v) is 0.129. The van der Waals surface area contributed by atoms with Crippen molar-refractivity contribution in [2.45, 2.75) is 0 Å². The Labute approximate surface area is 35.1 Å². The van der Waals surface area contributed by atoms with E-state index < -0.39 is 8.18 Å². The Balaban J connectivity index is 3.05. The van der Waals surface area contributed by atoms with E-state index in [0.717, 1.165) is 0 Å². The highest BCUT2D eigenvalue weighted by Gasteiger charge is 1.88. The maximum atomic E-state index is 9.29. The van der Waals surface area contributed by atoms with Gasteiger partial charge in [-0.25, -0.2) is 0 Å². The lowest BCUT2D eigenvalue weighted by molar-refractivity contribution is -0.167. The number of hydrogen-bond donors (Lipinski definition) is 1. The lowest BCUT2D eigenvalue weighted by Crippen LogP contribution is -2.05. The van der Waals surface area contributed by atoms with Gasteiger partial charge < -0.3 is 4.89 Å². The SMILES string of the molecule is O=CN[P+](=O)[O-]. The van der Waals surface area contributed by atoms with Gasteiger partial charge in [0.15, 0.2) is 0 Å². The van der Waals surface area contributed by atoms with Gasteiger partial charge in [0.1, 0.15) is 0 Å². The van der Waals surface area contributed by atoms with Crippen LogP contribution in [0.3, 0.4) is 0 Å². The highest BCUT2D eigenvalue weighted by atomic mass is 31.1. The van der Waals surface area contributed by atoms with Crippen molar-refractivity contribution >= 4 is 14.6 Å². The van der Waals surface area contributed by atoms with E-state index in [0.29, 0.717) is 0 Å². The van der Waals surface area contributed by atoms with Crippen LogP contribution in [0.1, 0.15) is 0 Å². The number of nitrogens with one attached hydrogen (secondary N) is 1. The number of carbonyl (C=O) groups is 1. The third-order valence-corrected chi connectivity index (χ3v) is 0.474. The third kappa shape index (κ3) is 3.53. The van der Waals surface area contributed by atoms with E-state index in [2.05, 4.69) is 0 Å². The number of rotatable bonds is 2. The Morgan fingerprint density at radius 2 is 2.33 bits per heavy atom. The van der Waals surface area contributed by atoms with Crippen LogP contribution in [0.25, 0.3) is 0 Å². The van der Waals surface area contributed by atoms with Gasteiger partial charge >= 0.3 is 8.18 Å². The van der Waals surface area contributed by atoms with Crippen molar-refractivity contribution in [1.82, 2.24) is 5.09 Å². The summed E-state index contributed by atoms with van der Waals surface area (Å²) in [6.07, 6.45) is 0.103. The zero-order valence-electron chi connectivity index (χ0n) is 2.75. The van der Waals surface area contributed by atoms with Crippen LogP contribution in [-0.2, 0) is 9.36 Å². The van der Waals surface area contributed by atoms with Crippen LogP contribution in [0.15, 0.2) is 0 Å². The largest absolute Gasteiger partial charge is 0.573 e. The first-order chi connectivity index (χ1) is 2.77. The zero-order valence-corrected chi connectivity index (χ0v) is 3.64. The molecule has 0 aromatic carbocycles. The molecule has 0 aliphatic carbocycles. The van der Waals surface area contributed by atoms with Crippen LogP contribution in [0, 0.1) is 0 Å². The first-order valence-corrected chi connectivity index (χ1v) is 2.29. The summed E-state index contributed by atoms with van der Waals surface area (Å²) in [5, 5.41) is 1.48. The highest BCUT2D eigenvalue weighted by Crippen LogP contribution is 1.91. The predicted octanol–water partition coefficient (Wildman–Crippen LogP) is -1.25. The van der Waals surface area contributed by atoms with E-state index in [9.17, 15) is 9.46 Å². The number of amides is 1. The van der Waals surface area contributed by atoms with Gasteiger partial charge in [0.25, 0.3) is 0 Å². The average molecular weight is 107 g/mol. The van der Waals surface area contributed by atoms with E-state index >= 15 is 0 Å². The maximum absolute atomic E-state index is 9.29. The molecule has 1 amide bonds. The molecule has 0 saturated heterocycles. The molecule has 0 saturated carbocycles. The van der Waals surface area contributed by atoms with Crippen LogP contribution in [0.2, 0.25) is 0 Å². The normalized spacial score (nSPS) is 9.83. The quantitative estimate of drug-likeness (QED) is 0.354. The van der Waals surface area contributed by atoms with E-state index in [1.54, 1.807) is 0 Å². The van der Waals surface area contributed by atoms with Gasteiger partial charge in [0.2, 0.25) is 6.41 Å². The highest BCUT2D eigenvalue weighted by molar-refractivity contribution is 7.34. The van der Waals surface area contributed by atoms with Gasteiger partial charge in [-0.15, -0.1) is 5.09 Å². The minimum absolute atomic E-state index is 0.103. The second kappa shape index (κ2) is 2.75. The van der Waals surface area contributed by atoms with Crippen molar-refractivity contribution in [2.24, 2.45) is 0 Å². The molecule has 0 aromatic rings. The molecule has 0 bridgehead atoms. The topological polar surface area (TPSA) is 69.2 Å². The molecule has 5 heteroatoms. The molecule has 1 N–H and O–H groups in total. The number of carbonyl (C=O) groups excluding carboxylic acids is 1. The molecule has 0 aliphatic heterocycles. The molecule has 0 spiro atoms. The monoisotopic (exact) mass is 107 g/mol. The Hall–Kier alpha value is -0.470. The molecule has 1 unspecified atom stereocenters. The van der Waals surface area contributed by atoms with Crippen LogP contribution < -0.4 is 9.98 Å². The average Bonchev–Trinajstić information content (AvgIpc) is 1.35. The Kier molecular flexibility index (Phi) is 2.54. The molecule has 34 valence electrons. The molecule has 0 heterocycles. The lowest BCUT2D eigenvalue weighted by Gasteiger charge is -1.74. The fourth-order valence-electron chi connectivity index (χ4n) is 0.0430. The van der Waals surface area contributed by atoms with Crippen LogP contribution in [-0.4, -0.2) is 6.41 Å². The summed E-state index contributed by atoms with van der Waals surface area (Å²) in [6, 6.07) is 0. The van der Waals surface area contributed by atoms with E-state index in [4.69, 9.17) is 4.79 Å². The standard InChI is InChI=1S/CH2NO3P/c3-1-2-6(4)5/h1H,(H,2,3,4,5). The van der Waals surface area contributed by atoms with E-state index in [1.807, 2.05) is 0 Å². The molecule has 4 nitrogen and oxygen atoms in total. The van der Waals surface area contributed by atoms with Crippen LogP contribution in [0.5, 0.6) is 0 Å². The minimum Gasteiger partial charge on any atom is -0.573 e. The van der Waals surface area contributed by atoms with Crippen LogP contribution in [0.4, 0.5) is 0 Å². The third-order valence-electron chi connectivity index (χ3n) is 0.158. The first-order valence-electron chi connectivity index (χ1n) is 1.11. The minimum atomic E-state index is -2.72.